The third kappa shape index (κ3) is 5.71. The van der Waals surface area contributed by atoms with Crippen molar-refractivity contribution < 1.29 is 57.2 Å². The molecule has 7 N–H and O–H groups in total. The molecule has 258 valence electrons. The van der Waals surface area contributed by atoms with Crippen LogP contribution < -0.4 is 26.0 Å². The van der Waals surface area contributed by atoms with Crippen LogP contribution in [0, 0.1) is 23.7 Å². The number of phenols is 1. The monoisotopic (exact) mass is 677 g/mol. The van der Waals surface area contributed by atoms with Crippen molar-refractivity contribution in [1.82, 2.24) is 4.90 Å². The number of urea groups is 1. The lowest BCUT2D eigenvalue weighted by atomic mass is 9.52. The van der Waals surface area contributed by atoms with Gasteiger partial charge in [0.15, 0.2) is 23.0 Å². The Hall–Kier alpha value is -4.74. The summed E-state index contributed by atoms with van der Waals surface area (Å²) in [5.74, 6) is -11.3. The molecule has 7 atom stereocenters. The summed E-state index contributed by atoms with van der Waals surface area (Å²) < 4.78 is 41.2. The van der Waals surface area contributed by atoms with Gasteiger partial charge in [0.05, 0.1) is 23.3 Å². The number of aliphatic hydroxyl groups excluding tert-OH is 1. The Bertz CT molecular complexity index is 1700. The third-order valence-electron chi connectivity index (χ3n) is 9.34. The molecule has 0 spiro atoms. The van der Waals surface area contributed by atoms with Gasteiger partial charge in [-0.25, -0.2) is 4.79 Å². The molecule has 0 saturated heterocycles. The number of phenolic OH excluding ortho intramolecular Hbond substituents is 1. The number of benzene rings is 2. The number of nitrogens with zero attached hydrogens (tertiary/aromatic N) is 2. The first-order valence-electron chi connectivity index (χ1n) is 14.8. The van der Waals surface area contributed by atoms with Gasteiger partial charge in [-0.15, -0.1) is 13.2 Å². The minimum atomic E-state index is -4.91. The smallest absolute Gasteiger partial charge is 0.505 e. The van der Waals surface area contributed by atoms with E-state index in [2.05, 4.69) is 15.4 Å². The summed E-state index contributed by atoms with van der Waals surface area (Å²) in [6.07, 6.45) is -6.57. The summed E-state index contributed by atoms with van der Waals surface area (Å²) in [5.41, 5.74) is 2.80. The summed E-state index contributed by atoms with van der Waals surface area (Å²) in [7, 11) is 6.38. The number of aromatic hydroxyl groups is 1. The van der Waals surface area contributed by atoms with Crippen molar-refractivity contribution in [1.29, 1.82) is 0 Å². The highest BCUT2D eigenvalue weighted by molar-refractivity contribution is 6.26. The minimum absolute atomic E-state index is 0.0354. The number of alkyl halides is 3. The molecule has 2 fully saturated rings. The fourth-order valence-electron chi connectivity index (χ4n) is 7.39. The molecule has 3 aliphatic rings. The molecule has 14 nitrogen and oxygen atoms in total. The Morgan fingerprint density at radius 3 is 2.21 bits per heavy atom. The predicted molar refractivity (Wildman–Crippen MR) is 162 cm³/mol. The van der Waals surface area contributed by atoms with E-state index in [-0.39, 0.29) is 29.8 Å². The number of hydrogen-bond acceptors (Lipinski definition) is 11. The molecular weight excluding hydrogens is 643 g/mol. The molecule has 0 bridgehead atoms. The van der Waals surface area contributed by atoms with Gasteiger partial charge in [0.1, 0.15) is 17.4 Å². The second-order valence-electron chi connectivity index (χ2n) is 12.7. The van der Waals surface area contributed by atoms with E-state index < -0.39 is 88.6 Å². The number of ketones is 3. The van der Waals surface area contributed by atoms with Gasteiger partial charge < -0.3 is 46.2 Å². The molecule has 5 rings (SSSR count). The number of primary amides is 1. The predicted octanol–water partition coefficient (Wildman–Crippen LogP) is 1.27. The highest BCUT2D eigenvalue weighted by Gasteiger charge is 2.69. The zero-order valence-corrected chi connectivity index (χ0v) is 26.2. The number of nitrogens with one attached hydrogen (secondary N) is 2. The van der Waals surface area contributed by atoms with Gasteiger partial charge in [0, 0.05) is 37.4 Å². The van der Waals surface area contributed by atoms with Crippen molar-refractivity contribution in [3.63, 3.8) is 0 Å². The number of nitrogens with two attached hydrogens (primary N) is 1. The van der Waals surface area contributed by atoms with E-state index in [9.17, 15) is 52.5 Å². The lowest BCUT2D eigenvalue weighted by Crippen LogP contribution is -2.75. The van der Waals surface area contributed by atoms with Crippen LogP contribution in [0.2, 0.25) is 0 Å². The van der Waals surface area contributed by atoms with Crippen LogP contribution in [0.3, 0.4) is 0 Å². The minimum Gasteiger partial charge on any atom is -0.505 e. The molecule has 2 saturated carbocycles. The number of anilines is 3. The van der Waals surface area contributed by atoms with E-state index in [1.807, 2.05) is 0 Å². The number of carbonyl (C=O) groups is 5. The molecule has 0 heterocycles. The van der Waals surface area contributed by atoms with Gasteiger partial charge in [-0.2, -0.15) is 0 Å². The zero-order valence-electron chi connectivity index (χ0n) is 26.2. The zero-order chi connectivity index (χ0) is 35.6. The van der Waals surface area contributed by atoms with Crippen LogP contribution >= 0.6 is 0 Å². The van der Waals surface area contributed by atoms with Crippen LogP contribution in [0.15, 0.2) is 30.3 Å². The summed E-state index contributed by atoms with van der Waals surface area (Å²) in [6.45, 7) is 0. The topological polar surface area (TPSA) is 212 Å². The van der Waals surface area contributed by atoms with Crippen LogP contribution in [0.25, 0.3) is 0 Å². The SMILES string of the molecule is CN(C)c1cc(NC(=O)Nc2ccc(OC(F)(F)F)cc2)c(O)c2c1C[C@@H]1C[C@@H]3[C@@H](N(C)C)C(O)C(C(N)=O)C(=O)[C@]3(O)C(=O)C1C2=O. The maximum absolute atomic E-state index is 14.1. The molecule has 3 aliphatic carbocycles. The Kier molecular flexibility index (Phi) is 8.69. The molecular formula is C31H34F3N5O9. The van der Waals surface area contributed by atoms with Gasteiger partial charge >= 0.3 is 12.4 Å². The highest BCUT2D eigenvalue weighted by Crippen LogP contribution is 2.53. The van der Waals surface area contributed by atoms with Gasteiger partial charge in [0.2, 0.25) is 5.91 Å². The average Bonchev–Trinajstić information content (AvgIpc) is 2.96. The quantitative estimate of drug-likeness (QED) is 0.189. The molecule has 0 radical (unpaired) electrons. The lowest BCUT2D eigenvalue weighted by molar-refractivity contribution is -0.274. The average molecular weight is 678 g/mol. The molecule has 2 aromatic rings. The standard InChI is InChI=1S/C31H34F3N5O9/c1-38(2)18-11-17(37-29(46)36-13-5-7-14(8-6-13)48-31(32,33)34)23(40)20-15(18)9-12-10-16-22(39(3)4)25(42)21(28(35)45)27(44)30(16,47)26(43)19(12)24(20)41/h5-8,11-12,16,19,21-22,25,40,42,47H,9-10H2,1-4H3,(H2,35,45)(H2,36,37,46)/t12-,16-,19?,21?,22-,25?,30-/m1/s1. The maximum Gasteiger partial charge on any atom is 0.573 e. The van der Waals surface area contributed by atoms with Crippen molar-refractivity contribution in [2.24, 2.45) is 29.4 Å². The van der Waals surface area contributed by atoms with Crippen molar-refractivity contribution in [2.45, 2.75) is 37.0 Å². The molecule has 3 unspecified atom stereocenters. The number of amides is 3. The van der Waals surface area contributed by atoms with Crippen LogP contribution in [0.4, 0.5) is 35.0 Å². The van der Waals surface area contributed by atoms with Gasteiger partial charge in [0.25, 0.3) is 0 Å². The number of carbonyl (C=O) groups excluding carboxylic acids is 5. The number of aliphatic hydroxyl groups is 2. The van der Waals surface area contributed by atoms with Crippen molar-refractivity contribution >= 4 is 46.4 Å². The third-order valence-corrected chi connectivity index (χ3v) is 9.34. The van der Waals surface area contributed by atoms with E-state index in [0.717, 1.165) is 24.3 Å². The van der Waals surface area contributed by atoms with Crippen LogP contribution in [-0.4, -0.2) is 102 Å². The number of fused-ring (bicyclic) bond motifs is 3. The van der Waals surface area contributed by atoms with Crippen molar-refractivity contribution in [3.8, 4) is 11.5 Å². The van der Waals surface area contributed by atoms with E-state index in [1.54, 1.807) is 33.1 Å². The molecule has 17 heteroatoms. The summed E-state index contributed by atoms with van der Waals surface area (Å²) in [5, 5.41) is 38.9. The summed E-state index contributed by atoms with van der Waals surface area (Å²) in [6, 6.07) is 3.65. The van der Waals surface area contributed by atoms with E-state index >= 15 is 0 Å². The second-order valence-corrected chi connectivity index (χ2v) is 12.7. The fraction of sp³-hybridized carbons (Fsp3) is 0.452. The number of halogens is 3. The van der Waals surface area contributed by atoms with E-state index in [0.29, 0.717) is 11.3 Å². The van der Waals surface area contributed by atoms with E-state index in [1.165, 1.54) is 11.0 Å². The summed E-state index contributed by atoms with van der Waals surface area (Å²) >= 11 is 0. The molecule has 2 aromatic carbocycles. The van der Waals surface area contributed by atoms with Crippen molar-refractivity contribution in [2.75, 3.05) is 43.7 Å². The van der Waals surface area contributed by atoms with Crippen LogP contribution in [-0.2, 0) is 20.8 Å². The maximum atomic E-state index is 14.1. The Morgan fingerprint density at radius 2 is 1.67 bits per heavy atom. The molecule has 0 aliphatic heterocycles. The van der Waals surface area contributed by atoms with E-state index in [4.69, 9.17) is 5.73 Å². The lowest BCUT2D eigenvalue weighted by Gasteiger charge is -2.55. The Morgan fingerprint density at radius 1 is 1.04 bits per heavy atom. The normalized spacial score (nSPS) is 28.2. The first-order valence-corrected chi connectivity index (χ1v) is 14.8. The second kappa shape index (κ2) is 12.1. The number of rotatable bonds is 6. The van der Waals surface area contributed by atoms with Crippen LogP contribution in [0.5, 0.6) is 11.5 Å². The first-order chi connectivity index (χ1) is 22.3. The highest BCUT2D eigenvalue weighted by atomic mass is 19.4. The van der Waals surface area contributed by atoms with Crippen molar-refractivity contribution in [3.05, 3.63) is 41.5 Å². The number of Topliss-reactive ketones (excluding diaryl/α,β-unsaturated/α-hetero) is 3. The first kappa shape index (κ1) is 34.6. The summed E-state index contributed by atoms with van der Waals surface area (Å²) in [4.78, 5) is 70.0. The van der Waals surface area contributed by atoms with Gasteiger partial charge in [-0.1, -0.05) is 0 Å². The largest absolute Gasteiger partial charge is 0.573 e. The number of hydrogen-bond donors (Lipinski definition) is 6. The van der Waals surface area contributed by atoms with Gasteiger partial charge in [-0.05, 0) is 68.8 Å². The Balaban J connectivity index is 1.49. The number of likely N-dealkylation sites (N-methyl/N-ethyl adjacent to an activating group) is 1. The number of ether oxygens (including phenoxy) is 1. The molecule has 48 heavy (non-hydrogen) atoms. The van der Waals surface area contributed by atoms with Gasteiger partial charge in [-0.3, -0.25) is 19.2 Å². The molecule has 3 amide bonds. The fourth-order valence-corrected chi connectivity index (χ4v) is 7.39. The van der Waals surface area contributed by atoms with Crippen LogP contribution in [0.1, 0.15) is 22.3 Å². The molecule has 0 aromatic heterocycles. The Labute approximate surface area is 271 Å².